The van der Waals surface area contributed by atoms with Crippen LogP contribution in [0.2, 0.25) is 0 Å². The number of nitrogens with zero attached hydrogens (tertiary/aromatic N) is 3. The highest BCUT2D eigenvalue weighted by Gasteiger charge is 2.34. The van der Waals surface area contributed by atoms with Gasteiger partial charge in [0.05, 0.1) is 12.1 Å². The minimum absolute atomic E-state index is 0.142. The lowest BCUT2D eigenvalue weighted by molar-refractivity contribution is -0.139. The van der Waals surface area contributed by atoms with E-state index < -0.39 is 0 Å². The Morgan fingerprint density at radius 3 is 1.64 bits per heavy atom. The summed E-state index contributed by atoms with van der Waals surface area (Å²) in [6.07, 6.45) is 2.81. The summed E-state index contributed by atoms with van der Waals surface area (Å²) in [4.78, 5) is 21.1. The maximum Gasteiger partial charge on any atom is 0.240 e. The number of carbonyl (C=O) groups is 1. The summed E-state index contributed by atoms with van der Waals surface area (Å²) in [5, 5.41) is 0. The molecule has 1 aliphatic rings. The summed E-state index contributed by atoms with van der Waals surface area (Å²) in [7, 11) is 0. The Hall–Kier alpha value is -3.09. The number of hydrogen-bond donors (Lipinski definition) is 0. The van der Waals surface area contributed by atoms with Crippen LogP contribution in [0.25, 0.3) is 0 Å². The van der Waals surface area contributed by atoms with Crippen LogP contribution < -0.4 is 0 Å². The third-order valence-electron chi connectivity index (χ3n) is 8.35. The summed E-state index contributed by atoms with van der Waals surface area (Å²) < 4.78 is 27.5. The molecule has 1 atom stereocenters. The quantitative estimate of drug-likeness (QED) is 0.216. The zero-order valence-corrected chi connectivity index (χ0v) is 25.7. The lowest BCUT2D eigenvalue weighted by atomic mass is 9.96. The number of rotatable bonds is 13. The number of halogens is 2. The van der Waals surface area contributed by atoms with Gasteiger partial charge in [0.15, 0.2) is 0 Å². The second-order valence-corrected chi connectivity index (χ2v) is 12.5. The van der Waals surface area contributed by atoms with Gasteiger partial charge in [0.2, 0.25) is 5.91 Å². The summed E-state index contributed by atoms with van der Waals surface area (Å²) in [5.41, 5.74) is 3.10. The van der Waals surface area contributed by atoms with E-state index in [1.54, 1.807) is 24.3 Å². The van der Waals surface area contributed by atoms with Crippen molar-refractivity contribution < 1.29 is 13.6 Å². The van der Waals surface area contributed by atoms with Gasteiger partial charge in [0, 0.05) is 26.2 Å². The first-order chi connectivity index (χ1) is 20.2. The fraction of sp³-hybridized carbons (Fsp3) is 0.472. The van der Waals surface area contributed by atoms with E-state index in [9.17, 15) is 13.6 Å². The minimum Gasteiger partial charge on any atom is -0.339 e. The molecule has 4 rings (SSSR count). The van der Waals surface area contributed by atoms with E-state index in [4.69, 9.17) is 0 Å². The molecule has 0 N–H and O–H groups in total. The van der Waals surface area contributed by atoms with Crippen LogP contribution in [-0.2, 0) is 11.2 Å². The molecule has 4 nitrogen and oxygen atoms in total. The van der Waals surface area contributed by atoms with Crippen molar-refractivity contribution in [3.05, 3.63) is 107 Å². The highest BCUT2D eigenvalue weighted by molar-refractivity contribution is 5.82. The van der Waals surface area contributed by atoms with Crippen LogP contribution in [0.3, 0.4) is 0 Å². The largest absolute Gasteiger partial charge is 0.339 e. The SMILES string of the molecule is CC(C)CCN(CCC(C)C)C(Cc1ccccc1)C(=O)N1CCN(C(c2ccc(F)cc2)c2ccc(F)cc2)CC1. The predicted molar refractivity (Wildman–Crippen MR) is 167 cm³/mol. The van der Waals surface area contributed by atoms with Gasteiger partial charge in [-0.2, -0.15) is 0 Å². The Morgan fingerprint density at radius 2 is 1.19 bits per heavy atom. The zero-order valence-electron chi connectivity index (χ0n) is 25.7. The van der Waals surface area contributed by atoms with Gasteiger partial charge in [0.1, 0.15) is 11.6 Å². The molecule has 1 heterocycles. The second-order valence-electron chi connectivity index (χ2n) is 12.5. The average molecular weight is 576 g/mol. The molecule has 0 spiro atoms. The normalized spacial score (nSPS) is 15.2. The van der Waals surface area contributed by atoms with Crippen LogP contribution in [-0.4, -0.2) is 65.9 Å². The molecule has 3 aromatic rings. The number of benzene rings is 3. The van der Waals surface area contributed by atoms with Crippen molar-refractivity contribution in [2.45, 2.75) is 59.0 Å². The Labute approximate surface area is 251 Å². The molecule has 3 aromatic carbocycles. The van der Waals surface area contributed by atoms with Crippen molar-refractivity contribution in [2.75, 3.05) is 39.3 Å². The van der Waals surface area contributed by atoms with Gasteiger partial charge in [-0.25, -0.2) is 8.78 Å². The minimum atomic E-state index is -0.282. The van der Waals surface area contributed by atoms with E-state index in [1.807, 2.05) is 23.1 Å². The first kappa shape index (κ1) is 31.8. The van der Waals surface area contributed by atoms with Crippen LogP contribution >= 0.6 is 0 Å². The third kappa shape index (κ3) is 8.95. The van der Waals surface area contributed by atoms with E-state index in [2.05, 4.69) is 49.6 Å². The van der Waals surface area contributed by atoms with Gasteiger partial charge < -0.3 is 4.90 Å². The van der Waals surface area contributed by atoms with Crippen LogP contribution in [0.5, 0.6) is 0 Å². The van der Waals surface area contributed by atoms with Gasteiger partial charge in [0.25, 0.3) is 0 Å². The monoisotopic (exact) mass is 575 g/mol. The molecule has 1 amide bonds. The Morgan fingerprint density at radius 1 is 0.714 bits per heavy atom. The highest BCUT2D eigenvalue weighted by atomic mass is 19.1. The van der Waals surface area contributed by atoms with Crippen LogP contribution in [0.1, 0.15) is 63.3 Å². The van der Waals surface area contributed by atoms with E-state index >= 15 is 0 Å². The summed E-state index contributed by atoms with van der Waals surface area (Å²) >= 11 is 0. The predicted octanol–water partition coefficient (Wildman–Crippen LogP) is 7.20. The third-order valence-corrected chi connectivity index (χ3v) is 8.35. The summed E-state index contributed by atoms with van der Waals surface area (Å²) in [6, 6.07) is 23.1. The van der Waals surface area contributed by atoms with Gasteiger partial charge in [-0.05, 0) is 85.1 Å². The van der Waals surface area contributed by atoms with Gasteiger partial charge in [-0.15, -0.1) is 0 Å². The lowest BCUT2D eigenvalue weighted by Crippen LogP contribution is -2.56. The molecule has 6 heteroatoms. The highest BCUT2D eigenvalue weighted by Crippen LogP contribution is 2.30. The summed E-state index contributed by atoms with van der Waals surface area (Å²) in [6.45, 7) is 13.4. The van der Waals surface area contributed by atoms with Crippen molar-refractivity contribution in [2.24, 2.45) is 11.8 Å². The fourth-order valence-electron chi connectivity index (χ4n) is 5.80. The van der Waals surface area contributed by atoms with Crippen molar-refractivity contribution in [1.29, 1.82) is 0 Å². The number of piperazine rings is 1. The molecule has 0 aliphatic carbocycles. The van der Waals surface area contributed by atoms with Crippen LogP contribution in [0, 0.1) is 23.5 Å². The first-order valence-electron chi connectivity index (χ1n) is 15.5. The molecule has 1 aliphatic heterocycles. The Balaban J connectivity index is 1.54. The second kappa shape index (κ2) is 15.4. The Kier molecular flexibility index (Phi) is 11.7. The topological polar surface area (TPSA) is 26.8 Å². The molecule has 0 saturated carbocycles. The number of carbonyl (C=O) groups excluding carboxylic acids is 1. The molecule has 1 fully saturated rings. The molecular formula is C36H47F2N3O. The fourth-order valence-corrected chi connectivity index (χ4v) is 5.80. The smallest absolute Gasteiger partial charge is 0.240 e. The van der Waals surface area contributed by atoms with Crippen molar-refractivity contribution >= 4 is 5.91 Å². The molecule has 0 bridgehead atoms. The molecule has 42 heavy (non-hydrogen) atoms. The standard InChI is InChI=1S/C36H47F2N3O/c1-27(2)18-20-39(21-19-28(3)4)34(26-29-8-6-5-7-9-29)36(42)41-24-22-40(23-25-41)35(30-10-14-32(37)15-11-30)31-12-16-33(38)17-13-31/h5-17,27-28,34-35H,18-26H2,1-4H3. The summed E-state index contributed by atoms with van der Waals surface area (Å²) in [5.74, 6) is 0.771. The average Bonchev–Trinajstić information content (AvgIpc) is 2.98. The van der Waals surface area contributed by atoms with Crippen molar-refractivity contribution in [3.8, 4) is 0 Å². The van der Waals surface area contributed by atoms with Crippen LogP contribution in [0.15, 0.2) is 78.9 Å². The van der Waals surface area contributed by atoms with Gasteiger partial charge in [-0.1, -0.05) is 82.3 Å². The zero-order chi connectivity index (χ0) is 30.1. The van der Waals surface area contributed by atoms with E-state index in [0.717, 1.165) is 37.1 Å². The van der Waals surface area contributed by atoms with E-state index in [-0.39, 0.29) is 29.6 Å². The molecule has 0 aromatic heterocycles. The number of amides is 1. The Bertz CT molecular complexity index is 1170. The first-order valence-corrected chi connectivity index (χ1v) is 15.5. The van der Waals surface area contributed by atoms with Crippen LogP contribution in [0.4, 0.5) is 8.78 Å². The van der Waals surface area contributed by atoms with Gasteiger partial charge in [-0.3, -0.25) is 14.6 Å². The van der Waals surface area contributed by atoms with Crippen molar-refractivity contribution in [3.63, 3.8) is 0 Å². The molecule has 0 radical (unpaired) electrons. The molecular weight excluding hydrogens is 528 g/mol. The molecule has 1 saturated heterocycles. The number of hydrogen-bond acceptors (Lipinski definition) is 3. The maximum absolute atomic E-state index is 14.3. The van der Waals surface area contributed by atoms with Crippen molar-refractivity contribution in [1.82, 2.24) is 14.7 Å². The lowest BCUT2D eigenvalue weighted by Gasteiger charge is -2.42. The van der Waals surface area contributed by atoms with Gasteiger partial charge >= 0.3 is 0 Å². The maximum atomic E-state index is 14.3. The molecule has 226 valence electrons. The van der Waals surface area contributed by atoms with E-state index in [0.29, 0.717) is 44.4 Å². The van der Waals surface area contributed by atoms with E-state index in [1.165, 1.54) is 29.8 Å². The molecule has 1 unspecified atom stereocenters.